The molecule has 0 saturated heterocycles. The van der Waals surface area contributed by atoms with Crippen LogP contribution in [0.5, 0.6) is 17.2 Å². The van der Waals surface area contributed by atoms with E-state index in [1.165, 1.54) is 12.1 Å². The third kappa shape index (κ3) is 4.60. The molecule has 0 aliphatic carbocycles. The largest absolute Gasteiger partial charge is 0.497 e. The first-order valence-corrected chi connectivity index (χ1v) is 8.08. The van der Waals surface area contributed by atoms with E-state index in [0.717, 1.165) is 5.56 Å². The van der Waals surface area contributed by atoms with E-state index in [4.69, 9.17) is 9.47 Å². The molecule has 0 aliphatic rings. The second-order valence-corrected chi connectivity index (χ2v) is 5.62. The molecule has 3 rings (SSSR count). The maximum Gasteiger partial charge on any atom is 0.251 e. The molecule has 0 radical (unpaired) electrons. The fourth-order valence-corrected chi connectivity index (χ4v) is 2.41. The molecular weight excluding hydrogens is 333 g/mol. The van der Waals surface area contributed by atoms with E-state index in [1.54, 1.807) is 49.6 Å². The molecule has 3 aromatic rings. The van der Waals surface area contributed by atoms with Crippen LogP contribution in [0.2, 0.25) is 0 Å². The number of carbonyl (C=O) groups is 1. The number of nitrogens with one attached hydrogen (secondary N) is 1. The van der Waals surface area contributed by atoms with Crippen molar-refractivity contribution in [2.45, 2.75) is 6.54 Å². The molecule has 26 heavy (non-hydrogen) atoms. The fourth-order valence-electron chi connectivity index (χ4n) is 2.41. The molecule has 3 aromatic carbocycles. The Morgan fingerprint density at radius 1 is 0.923 bits per heavy atom. The zero-order valence-electron chi connectivity index (χ0n) is 14.2. The topological polar surface area (TPSA) is 47.6 Å². The number of methoxy groups -OCH3 is 1. The molecule has 0 saturated carbocycles. The Bertz CT molecular complexity index is 894. The van der Waals surface area contributed by atoms with Gasteiger partial charge < -0.3 is 14.8 Å². The van der Waals surface area contributed by atoms with Gasteiger partial charge in [-0.2, -0.15) is 0 Å². The molecular formula is C21H18FNO3. The van der Waals surface area contributed by atoms with Crippen molar-refractivity contribution >= 4 is 5.91 Å². The van der Waals surface area contributed by atoms with Crippen molar-refractivity contribution in [1.29, 1.82) is 0 Å². The third-order valence-electron chi connectivity index (χ3n) is 3.73. The number of hydrogen-bond acceptors (Lipinski definition) is 3. The van der Waals surface area contributed by atoms with Crippen molar-refractivity contribution in [3.63, 3.8) is 0 Å². The van der Waals surface area contributed by atoms with Crippen molar-refractivity contribution < 1.29 is 18.7 Å². The van der Waals surface area contributed by atoms with Crippen molar-refractivity contribution in [2.75, 3.05) is 7.11 Å². The summed E-state index contributed by atoms with van der Waals surface area (Å²) in [6.45, 7) is 0.358. The molecule has 0 aliphatic heterocycles. The maximum atomic E-state index is 12.9. The van der Waals surface area contributed by atoms with Crippen LogP contribution in [-0.2, 0) is 6.54 Å². The molecule has 0 bridgehead atoms. The molecule has 0 atom stereocenters. The molecule has 0 spiro atoms. The number of benzene rings is 3. The lowest BCUT2D eigenvalue weighted by molar-refractivity contribution is 0.0950. The van der Waals surface area contributed by atoms with Crippen LogP contribution in [0, 0.1) is 5.82 Å². The molecule has 0 unspecified atom stereocenters. The van der Waals surface area contributed by atoms with Gasteiger partial charge in [-0.1, -0.05) is 18.2 Å². The molecule has 1 amide bonds. The zero-order valence-corrected chi connectivity index (χ0v) is 14.2. The summed E-state index contributed by atoms with van der Waals surface area (Å²) in [4.78, 5) is 12.3. The van der Waals surface area contributed by atoms with Crippen LogP contribution in [0.1, 0.15) is 15.9 Å². The fraction of sp³-hybridized carbons (Fsp3) is 0.0952. The minimum absolute atomic E-state index is 0.186. The summed E-state index contributed by atoms with van der Waals surface area (Å²) >= 11 is 0. The number of rotatable bonds is 6. The minimum atomic E-state index is -0.314. The zero-order chi connectivity index (χ0) is 18.4. The van der Waals surface area contributed by atoms with Crippen molar-refractivity contribution in [3.8, 4) is 17.2 Å². The van der Waals surface area contributed by atoms with Crippen LogP contribution in [0.3, 0.4) is 0 Å². The van der Waals surface area contributed by atoms with Gasteiger partial charge in [0, 0.05) is 12.1 Å². The van der Waals surface area contributed by atoms with Crippen molar-refractivity contribution in [2.24, 2.45) is 0 Å². The molecule has 4 nitrogen and oxygen atoms in total. The quantitative estimate of drug-likeness (QED) is 0.708. The van der Waals surface area contributed by atoms with Crippen LogP contribution < -0.4 is 14.8 Å². The van der Waals surface area contributed by atoms with Gasteiger partial charge in [0.1, 0.15) is 23.1 Å². The van der Waals surface area contributed by atoms with Gasteiger partial charge >= 0.3 is 0 Å². The van der Waals surface area contributed by atoms with Crippen molar-refractivity contribution in [3.05, 3.63) is 89.7 Å². The third-order valence-corrected chi connectivity index (χ3v) is 3.73. The second kappa shape index (κ2) is 8.16. The van der Waals surface area contributed by atoms with E-state index < -0.39 is 0 Å². The average molecular weight is 351 g/mol. The summed E-state index contributed by atoms with van der Waals surface area (Å²) < 4.78 is 23.8. The van der Waals surface area contributed by atoms with E-state index in [0.29, 0.717) is 29.4 Å². The first-order valence-electron chi connectivity index (χ1n) is 8.08. The number of hydrogen-bond donors (Lipinski definition) is 1. The SMILES string of the molecule is COc1cccc(C(=O)NCc2cccc(Oc3ccc(F)cc3)c2)c1. The lowest BCUT2D eigenvalue weighted by Gasteiger charge is -2.09. The summed E-state index contributed by atoms with van der Waals surface area (Å²) in [6, 6.07) is 20.1. The normalized spacial score (nSPS) is 10.2. The molecule has 0 heterocycles. The van der Waals surface area contributed by atoms with Gasteiger partial charge in [-0.3, -0.25) is 4.79 Å². The van der Waals surface area contributed by atoms with Crippen LogP contribution in [0.25, 0.3) is 0 Å². The van der Waals surface area contributed by atoms with Crippen LogP contribution in [0.4, 0.5) is 4.39 Å². The highest BCUT2D eigenvalue weighted by Crippen LogP contribution is 2.22. The maximum absolute atomic E-state index is 12.9. The van der Waals surface area contributed by atoms with Gasteiger partial charge in [-0.15, -0.1) is 0 Å². The van der Waals surface area contributed by atoms with Gasteiger partial charge in [0.2, 0.25) is 0 Å². The van der Waals surface area contributed by atoms with E-state index in [-0.39, 0.29) is 11.7 Å². The van der Waals surface area contributed by atoms with E-state index in [2.05, 4.69) is 5.32 Å². The Labute approximate surface area is 151 Å². The molecule has 0 fully saturated rings. The van der Waals surface area contributed by atoms with Gasteiger partial charge in [0.15, 0.2) is 0 Å². The van der Waals surface area contributed by atoms with Crippen LogP contribution in [-0.4, -0.2) is 13.0 Å². The van der Waals surface area contributed by atoms with E-state index in [1.807, 2.05) is 18.2 Å². The summed E-state index contributed by atoms with van der Waals surface area (Å²) in [5, 5.41) is 2.87. The van der Waals surface area contributed by atoms with E-state index >= 15 is 0 Å². The number of amides is 1. The molecule has 0 aromatic heterocycles. The Morgan fingerprint density at radius 3 is 2.42 bits per heavy atom. The van der Waals surface area contributed by atoms with Gasteiger partial charge in [0.05, 0.1) is 7.11 Å². The predicted molar refractivity (Wildman–Crippen MR) is 97.1 cm³/mol. The number of carbonyl (C=O) groups excluding carboxylic acids is 1. The van der Waals surface area contributed by atoms with Gasteiger partial charge in [-0.05, 0) is 60.2 Å². The second-order valence-electron chi connectivity index (χ2n) is 5.62. The Hall–Kier alpha value is -3.34. The van der Waals surface area contributed by atoms with Crippen LogP contribution >= 0.6 is 0 Å². The number of ether oxygens (including phenoxy) is 2. The first-order chi connectivity index (χ1) is 12.6. The Morgan fingerprint density at radius 2 is 1.65 bits per heavy atom. The Kier molecular flexibility index (Phi) is 5.49. The highest BCUT2D eigenvalue weighted by molar-refractivity contribution is 5.94. The first kappa shape index (κ1) is 17.5. The molecule has 1 N–H and O–H groups in total. The van der Waals surface area contributed by atoms with Gasteiger partial charge in [0.25, 0.3) is 5.91 Å². The summed E-state index contributed by atoms with van der Waals surface area (Å²) in [5.41, 5.74) is 1.42. The lowest BCUT2D eigenvalue weighted by atomic mass is 10.1. The summed E-state index contributed by atoms with van der Waals surface area (Å²) in [7, 11) is 1.56. The molecule has 5 heteroatoms. The smallest absolute Gasteiger partial charge is 0.251 e. The van der Waals surface area contributed by atoms with E-state index in [9.17, 15) is 9.18 Å². The Balaban J connectivity index is 1.63. The number of halogens is 1. The minimum Gasteiger partial charge on any atom is -0.497 e. The lowest BCUT2D eigenvalue weighted by Crippen LogP contribution is -2.22. The van der Waals surface area contributed by atoms with Crippen molar-refractivity contribution in [1.82, 2.24) is 5.32 Å². The highest BCUT2D eigenvalue weighted by atomic mass is 19.1. The molecule has 132 valence electrons. The standard InChI is InChI=1S/C21H18FNO3/c1-25-19-6-3-5-16(13-19)21(24)23-14-15-4-2-7-20(12-15)26-18-10-8-17(22)9-11-18/h2-13H,14H2,1H3,(H,23,24). The predicted octanol–water partition coefficient (Wildman–Crippen LogP) is 4.56. The highest BCUT2D eigenvalue weighted by Gasteiger charge is 2.07. The summed E-state index contributed by atoms with van der Waals surface area (Å²) in [5.74, 6) is 1.29. The van der Waals surface area contributed by atoms with Gasteiger partial charge in [-0.25, -0.2) is 4.39 Å². The van der Waals surface area contributed by atoms with Crippen LogP contribution in [0.15, 0.2) is 72.8 Å². The summed E-state index contributed by atoms with van der Waals surface area (Å²) in [6.07, 6.45) is 0. The monoisotopic (exact) mass is 351 g/mol. The average Bonchev–Trinajstić information content (AvgIpc) is 2.68.